The van der Waals surface area contributed by atoms with Crippen molar-refractivity contribution < 1.29 is 21.4 Å². The number of rotatable bonds is 0. The maximum atomic E-state index is 12.2. The van der Waals surface area contributed by atoms with E-state index in [-0.39, 0.29) is 45.1 Å². The minimum Gasteiger partial charge on any atom is -1.00 e. The van der Waals surface area contributed by atoms with Crippen LogP contribution < -0.4 is 17.0 Å². The second-order valence-electron chi connectivity index (χ2n) is 1.33. The molecule has 10 heavy (non-hydrogen) atoms. The molecular formula is C6H3BrClFMg. The molecule has 0 heterocycles. The average Bonchev–Trinajstić information content (AvgIpc) is 1.77. The molecule has 4 heteroatoms. The van der Waals surface area contributed by atoms with Crippen LogP contribution in [0.15, 0.2) is 18.2 Å². The predicted octanol–water partition coefficient (Wildman–Crippen LogP) is -1.10. The SMILES string of the molecule is Fc1ccc[c-]c1Cl.[Br-].[Mg+2]. The van der Waals surface area contributed by atoms with Gasteiger partial charge in [0.2, 0.25) is 0 Å². The molecule has 0 amide bonds. The summed E-state index contributed by atoms with van der Waals surface area (Å²) in [6.45, 7) is 0. The third-order valence-corrected chi connectivity index (χ3v) is 1.05. The Hall–Kier alpha value is 0.686. The quantitative estimate of drug-likeness (QED) is 0.395. The summed E-state index contributed by atoms with van der Waals surface area (Å²) in [6, 6.07) is 6.88. The summed E-state index contributed by atoms with van der Waals surface area (Å²) in [6.07, 6.45) is 0. The van der Waals surface area contributed by atoms with E-state index in [4.69, 9.17) is 11.6 Å². The van der Waals surface area contributed by atoms with E-state index in [9.17, 15) is 4.39 Å². The Balaban J connectivity index is 0. The number of benzene rings is 1. The molecule has 0 radical (unpaired) electrons. The van der Waals surface area contributed by atoms with Gasteiger partial charge in [-0.05, 0) is 5.02 Å². The third-order valence-electron chi connectivity index (χ3n) is 0.759. The Morgan fingerprint density at radius 3 is 2.40 bits per heavy atom. The zero-order chi connectivity index (χ0) is 5.98. The molecule has 0 atom stereocenters. The summed E-state index contributed by atoms with van der Waals surface area (Å²) in [5.74, 6) is -0.422. The number of hydrogen-bond acceptors (Lipinski definition) is 0. The topological polar surface area (TPSA) is 0 Å². The maximum Gasteiger partial charge on any atom is 2.00 e. The minimum absolute atomic E-state index is 0. The molecule has 0 N–H and O–H groups in total. The second-order valence-corrected chi connectivity index (χ2v) is 1.71. The van der Waals surface area contributed by atoms with Crippen molar-refractivity contribution in [3.05, 3.63) is 35.1 Å². The molecule has 0 fully saturated rings. The summed E-state index contributed by atoms with van der Waals surface area (Å²) in [7, 11) is 0. The zero-order valence-corrected chi connectivity index (χ0v) is 8.83. The molecule has 0 spiro atoms. The minimum atomic E-state index is -0.422. The van der Waals surface area contributed by atoms with Gasteiger partial charge in [0.15, 0.2) is 0 Å². The fourth-order valence-corrected chi connectivity index (χ4v) is 0.522. The van der Waals surface area contributed by atoms with Gasteiger partial charge in [0.1, 0.15) is 0 Å². The molecule has 0 aliphatic heterocycles. The molecular weight excluding hydrogens is 231 g/mol. The molecule has 1 aromatic rings. The Morgan fingerprint density at radius 2 is 2.10 bits per heavy atom. The van der Waals surface area contributed by atoms with Crippen LogP contribution in [-0.2, 0) is 0 Å². The standard InChI is InChI=1S/C6H3ClF.BrH.Mg/c7-5-3-1-2-4-6(5)8;;/h1-2,4H;1H;/q-1;;+2/p-1. The van der Waals surface area contributed by atoms with E-state index in [1.807, 2.05) is 0 Å². The summed E-state index contributed by atoms with van der Waals surface area (Å²) < 4.78 is 12.2. The van der Waals surface area contributed by atoms with Crippen LogP contribution in [0.25, 0.3) is 0 Å². The smallest absolute Gasteiger partial charge is 1.00 e. The van der Waals surface area contributed by atoms with Crippen LogP contribution in [0, 0.1) is 11.9 Å². The van der Waals surface area contributed by atoms with Crippen molar-refractivity contribution in [2.45, 2.75) is 0 Å². The maximum absolute atomic E-state index is 12.2. The van der Waals surface area contributed by atoms with Crippen molar-refractivity contribution in [1.82, 2.24) is 0 Å². The van der Waals surface area contributed by atoms with Gasteiger partial charge >= 0.3 is 23.1 Å². The molecule has 0 saturated heterocycles. The van der Waals surface area contributed by atoms with Gasteiger partial charge in [-0.1, -0.05) is 0 Å². The largest absolute Gasteiger partial charge is 2.00 e. The van der Waals surface area contributed by atoms with Crippen molar-refractivity contribution in [2.75, 3.05) is 0 Å². The fourth-order valence-electron chi connectivity index (χ4n) is 0.396. The summed E-state index contributed by atoms with van der Waals surface area (Å²) >= 11 is 5.28. The molecule has 0 aliphatic carbocycles. The Kier molecular flexibility index (Phi) is 8.50. The average molecular weight is 234 g/mol. The first kappa shape index (κ1) is 13.3. The van der Waals surface area contributed by atoms with E-state index in [2.05, 4.69) is 6.07 Å². The van der Waals surface area contributed by atoms with E-state index in [0.717, 1.165) is 0 Å². The first-order valence-electron chi connectivity index (χ1n) is 2.12. The molecule has 0 aliphatic rings. The van der Waals surface area contributed by atoms with Crippen LogP contribution in [0.4, 0.5) is 4.39 Å². The molecule has 1 aromatic carbocycles. The number of hydrogen-bond donors (Lipinski definition) is 0. The van der Waals surface area contributed by atoms with Crippen LogP contribution in [-0.4, -0.2) is 23.1 Å². The van der Waals surface area contributed by atoms with Crippen LogP contribution in [0.5, 0.6) is 0 Å². The third kappa shape index (κ3) is 3.76. The van der Waals surface area contributed by atoms with E-state index in [1.165, 1.54) is 6.07 Å². The van der Waals surface area contributed by atoms with Crippen molar-refractivity contribution in [3.63, 3.8) is 0 Å². The predicted molar refractivity (Wildman–Crippen MR) is 36.0 cm³/mol. The summed E-state index contributed by atoms with van der Waals surface area (Å²) in [5, 5.41) is 0.0486. The molecule has 1 rings (SSSR count). The van der Waals surface area contributed by atoms with Gasteiger partial charge in [-0.2, -0.15) is 18.2 Å². The Morgan fingerprint density at radius 1 is 1.50 bits per heavy atom. The molecule has 0 bridgehead atoms. The van der Waals surface area contributed by atoms with Crippen LogP contribution in [0.3, 0.4) is 0 Å². The molecule has 0 nitrogen and oxygen atoms in total. The summed E-state index contributed by atoms with van der Waals surface area (Å²) in [5.41, 5.74) is 0. The molecule has 50 valence electrons. The zero-order valence-electron chi connectivity index (χ0n) is 5.07. The van der Waals surface area contributed by atoms with Crippen molar-refractivity contribution in [2.24, 2.45) is 0 Å². The van der Waals surface area contributed by atoms with Crippen molar-refractivity contribution in [1.29, 1.82) is 0 Å². The van der Waals surface area contributed by atoms with E-state index in [1.54, 1.807) is 12.1 Å². The molecule has 0 saturated carbocycles. The van der Waals surface area contributed by atoms with Gasteiger partial charge < -0.3 is 17.0 Å². The first-order chi connectivity index (χ1) is 3.80. The normalized spacial score (nSPS) is 7.40. The molecule has 0 unspecified atom stereocenters. The van der Waals surface area contributed by atoms with E-state index >= 15 is 0 Å². The monoisotopic (exact) mass is 232 g/mol. The van der Waals surface area contributed by atoms with Gasteiger partial charge in [0, 0.05) is 5.82 Å². The van der Waals surface area contributed by atoms with Gasteiger partial charge in [-0.3, -0.25) is 4.39 Å². The van der Waals surface area contributed by atoms with Gasteiger partial charge in [0.25, 0.3) is 0 Å². The molecule has 0 aromatic heterocycles. The Bertz CT molecular complexity index is 174. The van der Waals surface area contributed by atoms with Crippen LogP contribution in [0.1, 0.15) is 0 Å². The van der Waals surface area contributed by atoms with Crippen LogP contribution in [0.2, 0.25) is 5.02 Å². The van der Waals surface area contributed by atoms with Crippen molar-refractivity contribution >= 4 is 34.7 Å². The van der Waals surface area contributed by atoms with Crippen molar-refractivity contribution in [3.8, 4) is 0 Å². The number of halogens is 3. The second kappa shape index (κ2) is 6.40. The summed E-state index contributed by atoms with van der Waals surface area (Å²) in [4.78, 5) is 0. The Labute approximate surface area is 90.7 Å². The van der Waals surface area contributed by atoms with E-state index < -0.39 is 5.82 Å². The van der Waals surface area contributed by atoms with Gasteiger partial charge in [-0.15, -0.1) is 17.7 Å². The van der Waals surface area contributed by atoms with Crippen LogP contribution >= 0.6 is 11.6 Å². The van der Waals surface area contributed by atoms with E-state index in [0.29, 0.717) is 0 Å². The van der Waals surface area contributed by atoms with Gasteiger partial charge in [0.05, 0.1) is 0 Å². The fraction of sp³-hybridized carbons (Fsp3) is 0. The van der Waals surface area contributed by atoms with Gasteiger partial charge in [-0.25, -0.2) is 0 Å². The first-order valence-corrected chi connectivity index (χ1v) is 2.50.